The van der Waals surface area contributed by atoms with Gasteiger partial charge < -0.3 is 0 Å². The molecule has 0 spiro atoms. The van der Waals surface area contributed by atoms with Crippen molar-refractivity contribution >= 4 is 11.3 Å². The van der Waals surface area contributed by atoms with Crippen LogP contribution in [0, 0.1) is 25.7 Å². The number of rotatable bonds is 0. The van der Waals surface area contributed by atoms with Crippen molar-refractivity contribution in [3.05, 3.63) is 23.0 Å². The van der Waals surface area contributed by atoms with Crippen LogP contribution in [0.3, 0.4) is 0 Å². The molecule has 0 aliphatic carbocycles. The number of hydrogen-bond acceptors (Lipinski definition) is 2. The lowest BCUT2D eigenvalue weighted by molar-refractivity contribution is 1.30. The molecule has 1 aromatic heterocycles. The predicted molar refractivity (Wildman–Crippen MR) is 39.1 cm³/mol. The Morgan fingerprint density at radius 1 is 1.78 bits per heavy atom. The maximum Gasteiger partial charge on any atom is 0.0969 e. The van der Waals surface area contributed by atoms with Gasteiger partial charge in [0.25, 0.3) is 0 Å². The molecule has 1 radical (unpaired) electrons. The van der Waals surface area contributed by atoms with Gasteiger partial charge in [0.15, 0.2) is 0 Å². The molecule has 9 heavy (non-hydrogen) atoms. The first-order valence-corrected chi connectivity index (χ1v) is 3.35. The van der Waals surface area contributed by atoms with Crippen LogP contribution in [-0.2, 0) is 0 Å². The number of aryl methyl sites for hydroxylation is 1. The third-order valence-electron chi connectivity index (χ3n) is 0.833. The van der Waals surface area contributed by atoms with Gasteiger partial charge in [-0.05, 0) is 6.92 Å². The molecule has 1 rings (SSSR count). The van der Waals surface area contributed by atoms with Gasteiger partial charge in [0.05, 0.1) is 16.1 Å². The van der Waals surface area contributed by atoms with E-state index in [4.69, 9.17) is 0 Å². The van der Waals surface area contributed by atoms with Crippen LogP contribution in [0.5, 0.6) is 0 Å². The van der Waals surface area contributed by atoms with Crippen LogP contribution in [0.4, 0.5) is 0 Å². The summed E-state index contributed by atoms with van der Waals surface area (Å²) in [4.78, 5) is 5.01. The predicted octanol–water partition coefficient (Wildman–Crippen LogP) is 1.64. The van der Waals surface area contributed by atoms with Crippen LogP contribution in [0.15, 0.2) is 6.20 Å². The second-order valence-corrected chi connectivity index (χ2v) is 2.78. The van der Waals surface area contributed by atoms with Gasteiger partial charge in [0, 0.05) is 6.92 Å². The Labute approximate surface area is 58.8 Å². The molecule has 0 aromatic carbocycles. The summed E-state index contributed by atoms with van der Waals surface area (Å²) in [6.07, 6.45) is 1.76. The number of nitrogens with zero attached hydrogens (tertiary/aromatic N) is 1. The second kappa shape index (κ2) is 2.65. The Kier molecular flexibility index (Phi) is 1.86. The van der Waals surface area contributed by atoms with Crippen molar-refractivity contribution in [1.82, 2.24) is 4.98 Å². The minimum absolute atomic E-state index is 0.988. The lowest BCUT2D eigenvalue weighted by atomic mass is 10.5. The van der Waals surface area contributed by atoms with Gasteiger partial charge in [0.2, 0.25) is 0 Å². The molecule has 0 N–H and O–H groups in total. The largest absolute Gasteiger partial charge is 0.249 e. The summed E-state index contributed by atoms with van der Waals surface area (Å²) in [5.41, 5.74) is 0. The minimum Gasteiger partial charge on any atom is -0.249 e. The maximum absolute atomic E-state index is 4.02. The molecule has 1 aromatic rings. The lowest BCUT2D eigenvalue weighted by Gasteiger charge is -1.70. The van der Waals surface area contributed by atoms with Crippen LogP contribution in [0.2, 0.25) is 0 Å². The molecular formula is C7H6NS. The third kappa shape index (κ3) is 1.55. The summed E-state index contributed by atoms with van der Waals surface area (Å²) in [7, 11) is 0. The van der Waals surface area contributed by atoms with E-state index in [1.807, 2.05) is 6.92 Å². The highest BCUT2D eigenvalue weighted by Gasteiger charge is 1.90. The van der Waals surface area contributed by atoms with Crippen molar-refractivity contribution in [2.24, 2.45) is 0 Å². The first kappa shape index (κ1) is 6.31. The molecule has 0 bridgehead atoms. The molecule has 0 saturated carbocycles. The molecule has 0 fully saturated rings. The Morgan fingerprint density at radius 2 is 2.56 bits per heavy atom. The van der Waals surface area contributed by atoms with Gasteiger partial charge >= 0.3 is 0 Å². The fraction of sp³-hybridized carbons (Fsp3) is 0.143. The van der Waals surface area contributed by atoms with E-state index in [-0.39, 0.29) is 0 Å². The molecule has 1 heterocycles. The van der Waals surface area contributed by atoms with E-state index in [9.17, 15) is 0 Å². The van der Waals surface area contributed by atoms with Crippen molar-refractivity contribution < 1.29 is 0 Å². The fourth-order valence-electron chi connectivity index (χ4n) is 0.506. The van der Waals surface area contributed by atoms with E-state index in [0.717, 1.165) is 9.88 Å². The van der Waals surface area contributed by atoms with Gasteiger partial charge in [-0.15, -0.1) is 11.3 Å². The third-order valence-corrected chi connectivity index (χ3v) is 1.66. The zero-order valence-electron chi connectivity index (χ0n) is 5.14. The standard InChI is InChI=1S/C7H6NS/c1-3-4-7-5-8-6(2)9-7/h5H,1H2,2H3. The Balaban J connectivity index is 2.93. The first-order valence-electron chi connectivity index (χ1n) is 2.53. The normalized spacial score (nSPS) is 8.22. The van der Waals surface area contributed by atoms with Crippen LogP contribution < -0.4 is 0 Å². The van der Waals surface area contributed by atoms with Crippen molar-refractivity contribution in [2.75, 3.05) is 0 Å². The molecule has 0 aliphatic heterocycles. The summed E-state index contributed by atoms with van der Waals surface area (Å²) >= 11 is 1.59. The SMILES string of the molecule is [CH2]C#Cc1cnc(C)s1. The Bertz CT molecular complexity index is 251. The summed E-state index contributed by atoms with van der Waals surface area (Å²) in [5.74, 6) is 5.39. The first-order chi connectivity index (χ1) is 4.33. The van der Waals surface area contributed by atoms with Crippen LogP contribution >= 0.6 is 11.3 Å². The molecule has 0 atom stereocenters. The monoisotopic (exact) mass is 136 g/mol. The molecule has 45 valence electrons. The average molecular weight is 136 g/mol. The van der Waals surface area contributed by atoms with Gasteiger partial charge in [-0.2, -0.15) is 0 Å². The van der Waals surface area contributed by atoms with Gasteiger partial charge in [-0.1, -0.05) is 11.8 Å². The zero-order valence-corrected chi connectivity index (χ0v) is 5.96. The van der Waals surface area contributed by atoms with E-state index in [1.165, 1.54) is 0 Å². The molecule has 0 amide bonds. The van der Waals surface area contributed by atoms with E-state index in [2.05, 4.69) is 23.7 Å². The Morgan fingerprint density at radius 3 is 3.00 bits per heavy atom. The fourth-order valence-corrected chi connectivity index (χ4v) is 1.16. The average Bonchev–Trinajstić information content (AvgIpc) is 2.17. The van der Waals surface area contributed by atoms with Gasteiger partial charge in [-0.25, -0.2) is 4.98 Å². The highest BCUT2D eigenvalue weighted by atomic mass is 32.1. The quantitative estimate of drug-likeness (QED) is 0.494. The number of thiazole rings is 1. The Hall–Kier alpha value is -0.810. The van der Waals surface area contributed by atoms with Gasteiger partial charge in [0.1, 0.15) is 0 Å². The summed E-state index contributed by atoms with van der Waals surface area (Å²) in [6, 6.07) is 0. The van der Waals surface area contributed by atoms with Crippen molar-refractivity contribution in [3.63, 3.8) is 0 Å². The van der Waals surface area contributed by atoms with E-state index < -0.39 is 0 Å². The highest BCUT2D eigenvalue weighted by Crippen LogP contribution is 2.08. The lowest BCUT2D eigenvalue weighted by Crippen LogP contribution is -1.58. The topological polar surface area (TPSA) is 12.9 Å². The highest BCUT2D eigenvalue weighted by molar-refractivity contribution is 7.12. The van der Waals surface area contributed by atoms with E-state index in [0.29, 0.717) is 0 Å². The molecule has 1 nitrogen and oxygen atoms in total. The van der Waals surface area contributed by atoms with E-state index >= 15 is 0 Å². The number of aromatic nitrogens is 1. The molecule has 0 aliphatic rings. The molecule has 0 saturated heterocycles. The zero-order chi connectivity index (χ0) is 6.69. The molecular weight excluding hydrogens is 130 g/mol. The summed E-state index contributed by atoms with van der Waals surface area (Å²) < 4.78 is 0. The van der Waals surface area contributed by atoms with Crippen LogP contribution in [0.1, 0.15) is 9.88 Å². The van der Waals surface area contributed by atoms with Gasteiger partial charge in [-0.3, -0.25) is 0 Å². The van der Waals surface area contributed by atoms with Crippen molar-refractivity contribution in [3.8, 4) is 11.8 Å². The minimum atomic E-state index is 0.988. The summed E-state index contributed by atoms with van der Waals surface area (Å²) in [6.45, 7) is 5.37. The number of hydrogen-bond donors (Lipinski definition) is 0. The van der Waals surface area contributed by atoms with E-state index in [1.54, 1.807) is 17.5 Å². The summed E-state index contributed by atoms with van der Waals surface area (Å²) in [5, 5.41) is 1.05. The van der Waals surface area contributed by atoms with Crippen LogP contribution in [-0.4, -0.2) is 4.98 Å². The second-order valence-electron chi connectivity index (χ2n) is 1.55. The van der Waals surface area contributed by atoms with Crippen molar-refractivity contribution in [2.45, 2.75) is 6.92 Å². The molecule has 0 unspecified atom stereocenters. The maximum atomic E-state index is 4.02. The van der Waals surface area contributed by atoms with Crippen molar-refractivity contribution in [1.29, 1.82) is 0 Å². The smallest absolute Gasteiger partial charge is 0.0969 e. The molecule has 2 heteroatoms. The van der Waals surface area contributed by atoms with Crippen LogP contribution in [0.25, 0.3) is 0 Å².